The molecule has 2 aromatic rings. The van der Waals surface area contributed by atoms with Crippen molar-refractivity contribution >= 4 is 31.9 Å². The van der Waals surface area contributed by atoms with Gasteiger partial charge in [-0.15, -0.1) is 0 Å². The van der Waals surface area contributed by atoms with Crippen LogP contribution in [0, 0.1) is 0 Å². The number of hydrogen-bond acceptors (Lipinski definition) is 2. The summed E-state index contributed by atoms with van der Waals surface area (Å²) in [5.74, 6) is 0. The van der Waals surface area contributed by atoms with Crippen molar-refractivity contribution in [1.82, 2.24) is 0 Å². The normalized spacial score (nSPS) is 11.0. The van der Waals surface area contributed by atoms with Crippen molar-refractivity contribution in [2.45, 2.75) is 26.4 Å². The Bertz CT molecular complexity index is 508. The molecule has 4 heteroatoms. The van der Waals surface area contributed by atoms with Gasteiger partial charge in [0.2, 0.25) is 0 Å². The zero-order valence-corrected chi connectivity index (χ0v) is 14.4. The van der Waals surface area contributed by atoms with Gasteiger partial charge in [0.25, 0.3) is 0 Å². The van der Waals surface area contributed by atoms with E-state index in [9.17, 15) is 0 Å². The third-order valence-electron chi connectivity index (χ3n) is 2.86. The first kappa shape index (κ1) is 15.7. The minimum atomic E-state index is -0.255. The molecule has 0 aliphatic carbocycles. The largest absolute Gasteiger partial charge is 0.348 e. The van der Waals surface area contributed by atoms with Crippen molar-refractivity contribution in [2.75, 3.05) is 0 Å². The maximum absolute atomic E-state index is 5.70. The molecule has 0 saturated heterocycles. The molecule has 0 N–H and O–H groups in total. The van der Waals surface area contributed by atoms with Crippen LogP contribution in [0.2, 0.25) is 0 Å². The van der Waals surface area contributed by atoms with Crippen molar-refractivity contribution < 1.29 is 9.47 Å². The van der Waals surface area contributed by atoms with Crippen LogP contribution in [-0.2, 0) is 22.7 Å². The molecular weight excluding hydrogens is 384 g/mol. The lowest BCUT2D eigenvalue weighted by atomic mass is 10.2. The standard InChI is InChI=1S/C16H16Br2O2/c1-12(19-10-13-6-2-4-8-15(13)17)20-11-14-7-3-5-9-16(14)18/h2-9,12H,10-11H2,1H3. The van der Waals surface area contributed by atoms with E-state index in [0.29, 0.717) is 13.2 Å². The molecule has 20 heavy (non-hydrogen) atoms. The van der Waals surface area contributed by atoms with Crippen molar-refractivity contribution in [3.63, 3.8) is 0 Å². The van der Waals surface area contributed by atoms with Crippen molar-refractivity contribution in [1.29, 1.82) is 0 Å². The van der Waals surface area contributed by atoms with Gasteiger partial charge in [-0.1, -0.05) is 68.3 Å². The topological polar surface area (TPSA) is 18.5 Å². The summed E-state index contributed by atoms with van der Waals surface area (Å²) >= 11 is 7.01. The van der Waals surface area contributed by atoms with E-state index >= 15 is 0 Å². The van der Waals surface area contributed by atoms with Gasteiger partial charge in [-0.2, -0.15) is 0 Å². The Kier molecular flexibility index (Phi) is 6.23. The van der Waals surface area contributed by atoms with Crippen LogP contribution in [-0.4, -0.2) is 6.29 Å². The Labute approximate surface area is 136 Å². The number of benzene rings is 2. The molecule has 2 rings (SSSR count). The van der Waals surface area contributed by atoms with E-state index in [1.165, 1.54) is 0 Å². The number of hydrogen-bond donors (Lipinski definition) is 0. The van der Waals surface area contributed by atoms with Crippen LogP contribution in [0.4, 0.5) is 0 Å². The highest BCUT2D eigenvalue weighted by atomic mass is 79.9. The average molecular weight is 400 g/mol. The molecule has 2 aromatic carbocycles. The van der Waals surface area contributed by atoms with Crippen LogP contribution in [0.15, 0.2) is 57.5 Å². The molecule has 0 saturated carbocycles. The first-order valence-corrected chi connectivity index (χ1v) is 7.95. The average Bonchev–Trinajstić information content (AvgIpc) is 2.45. The smallest absolute Gasteiger partial charge is 0.155 e. The highest BCUT2D eigenvalue weighted by Crippen LogP contribution is 2.19. The Morgan fingerprint density at radius 1 is 0.800 bits per heavy atom. The second kappa shape index (κ2) is 7.93. The lowest BCUT2D eigenvalue weighted by Gasteiger charge is -2.15. The van der Waals surface area contributed by atoms with E-state index in [-0.39, 0.29) is 6.29 Å². The molecule has 0 unspecified atom stereocenters. The molecule has 0 bridgehead atoms. The Balaban J connectivity index is 1.80. The molecule has 0 amide bonds. The van der Waals surface area contributed by atoms with Crippen LogP contribution >= 0.6 is 31.9 Å². The van der Waals surface area contributed by atoms with Crippen LogP contribution < -0.4 is 0 Å². The monoisotopic (exact) mass is 398 g/mol. The van der Waals surface area contributed by atoms with E-state index in [4.69, 9.17) is 9.47 Å². The quantitative estimate of drug-likeness (QED) is 0.614. The van der Waals surface area contributed by atoms with Crippen LogP contribution in [0.3, 0.4) is 0 Å². The van der Waals surface area contributed by atoms with Crippen molar-refractivity contribution in [2.24, 2.45) is 0 Å². The summed E-state index contributed by atoms with van der Waals surface area (Å²) in [7, 11) is 0. The van der Waals surface area contributed by atoms with E-state index in [0.717, 1.165) is 20.1 Å². The summed E-state index contributed by atoms with van der Waals surface area (Å²) in [6.45, 7) is 2.96. The summed E-state index contributed by atoms with van der Waals surface area (Å²) in [5.41, 5.74) is 2.23. The van der Waals surface area contributed by atoms with Crippen molar-refractivity contribution in [3.8, 4) is 0 Å². The van der Waals surface area contributed by atoms with E-state index in [1.807, 2.05) is 55.5 Å². The minimum absolute atomic E-state index is 0.255. The second-order valence-corrected chi connectivity index (χ2v) is 6.08. The summed E-state index contributed by atoms with van der Waals surface area (Å²) in [6.07, 6.45) is -0.255. The molecule has 0 atom stereocenters. The molecule has 0 aromatic heterocycles. The molecular formula is C16H16Br2O2. The fourth-order valence-corrected chi connectivity index (χ4v) is 2.49. The SMILES string of the molecule is CC(OCc1ccccc1Br)OCc1ccccc1Br. The molecule has 0 heterocycles. The van der Waals surface area contributed by atoms with Crippen LogP contribution in [0.1, 0.15) is 18.1 Å². The number of halogens is 2. The lowest BCUT2D eigenvalue weighted by molar-refractivity contribution is -0.145. The molecule has 2 nitrogen and oxygen atoms in total. The summed E-state index contributed by atoms with van der Waals surface area (Å²) in [5, 5.41) is 0. The van der Waals surface area contributed by atoms with E-state index in [1.54, 1.807) is 0 Å². The van der Waals surface area contributed by atoms with Gasteiger partial charge in [0.05, 0.1) is 13.2 Å². The first-order chi connectivity index (χ1) is 9.66. The van der Waals surface area contributed by atoms with Gasteiger partial charge in [0.15, 0.2) is 6.29 Å². The Morgan fingerprint density at radius 2 is 1.20 bits per heavy atom. The highest BCUT2D eigenvalue weighted by Gasteiger charge is 2.06. The maximum atomic E-state index is 5.70. The van der Waals surface area contributed by atoms with Crippen molar-refractivity contribution in [3.05, 3.63) is 68.6 Å². The molecule has 106 valence electrons. The third kappa shape index (κ3) is 4.70. The summed E-state index contributed by atoms with van der Waals surface area (Å²) < 4.78 is 13.5. The highest BCUT2D eigenvalue weighted by molar-refractivity contribution is 9.10. The number of ether oxygens (including phenoxy) is 2. The second-order valence-electron chi connectivity index (χ2n) is 4.37. The molecule has 0 fully saturated rings. The predicted molar refractivity (Wildman–Crippen MR) is 87.3 cm³/mol. The van der Waals surface area contributed by atoms with Crippen LogP contribution in [0.25, 0.3) is 0 Å². The molecule has 0 radical (unpaired) electrons. The fraction of sp³-hybridized carbons (Fsp3) is 0.250. The Morgan fingerprint density at radius 3 is 1.60 bits per heavy atom. The van der Waals surface area contributed by atoms with E-state index in [2.05, 4.69) is 31.9 Å². The van der Waals surface area contributed by atoms with Gasteiger partial charge in [0.1, 0.15) is 0 Å². The molecule has 0 aliphatic rings. The van der Waals surface area contributed by atoms with Gasteiger partial charge < -0.3 is 9.47 Å². The predicted octanol–water partition coefficient (Wildman–Crippen LogP) is 5.29. The third-order valence-corrected chi connectivity index (χ3v) is 4.41. The Hall–Kier alpha value is -0.680. The zero-order chi connectivity index (χ0) is 14.4. The van der Waals surface area contributed by atoms with E-state index < -0.39 is 0 Å². The molecule has 0 aliphatic heterocycles. The van der Waals surface area contributed by atoms with Gasteiger partial charge >= 0.3 is 0 Å². The van der Waals surface area contributed by atoms with Gasteiger partial charge in [-0.3, -0.25) is 0 Å². The van der Waals surface area contributed by atoms with Gasteiger partial charge in [0, 0.05) is 8.95 Å². The maximum Gasteiger partial charge on any atom is 0.155 e. The number of rotatable bonds is 6. The van der Waals surface area contributed by atoms with Crippen LogP contribution in [0.5, 0.6) is 0 Å². The fourth-order valence-electron chi connectivity index (χ4n) is 1.69. The van der Waals surface area contributed by atoms with Gasteiger partial charge in [-0.05, 0) is 30.2 Å². The zero-order valence-electron chi connectivity index (χ0n) is 11.2. The summed E-state index contributed by atoms with van der Waals surface area (Å²) in [6, 6.07) is 16.0. The lowest BCUT2D eigenvalue weighted by Crippen LogP contribution is -2.13. The minimum Gasteiger partial charge on any atom is -0.348 e. The molecule has 0 spiro atoms. The summed E-state index contributed by atoms with van der Waals surface area (Å²) in [4.78, 5) is 0. The van der Waals surface area contributed by atoms with Gasteiger partial charge in [-0.25, -0.2) is 0 Å². The first-order valence-electron chi connectivity index (χ1n) is 6.37.